The van der Waals surface area contributed by atoms with Crippen LogP contribution < -0.4 is 10.6 Å². The number of hydrogen-bond acceptors (Lipinski definition) is 7. The number of nitrogens with zero attached hydrogens (tertiary/aromatic N) is 4. The summed E-state index contributed by atoms with van der Waals surface area (Å²) in [5.41, 5.74) is 7.33. The van der Waals surface area contributed by atoms with Crippen LogP contribution in [0.2, 0.25) is 0 Å². The van der Waals surface area contributed by atoms with Crippen LogP contribution in [0.15, 0.2) is 30.6 Å². The number of hydrogen-bond donors (Lipinski definition) is 3. The largest absolute Gasteiger partial charge is 0.508 e. The molecule has 1 aromatic carbocycles. The molecule has 1 saturated heterocycles. The van der Waals surface area contributed by atoms with E-state index in [0.29, 0.717) is 16.9 Å². The summed E-state index contributed by atoms with van der Waals surface area (Å²) in [6.45, 7) is 1.52. The lowest BCUT2D eigenvalue weighted by Crippen LogP contribution is -2.34. The molecular weight excluding hydrogens is 304 g/mol. The van der Waals surface area contributed by atoms with Crippen molar-refractivity contribution in [2.24, 2.45) is 5.92 Å². The van der Waals surface area contributed by atoms with Gasteiger partial charge in [-0.05, 0) is 31.0 Å². The van der Waals surface area contributed by atoms with Gasteiger partial charge in [-0.2, -0.15) is 5.26 Å². The highest BCUT2D eigenvalue weighted by Gasteiger charge is 2.21. The summed E-state index contributed by atoms with van der Waals surface area (Å²) in [5.74, 6) is 0.893. The molecule has 3 rings (SSSR count). The molecule has 24 heavy (non-hydrogen) atoms. The minimum atomic E-state index is 0.0526. The highest BCUT2D eigenvalue weighted by Crippen LogP contribution is 2.24. The summed E-state index contributed by atoms with van der Waals surface area (Å²) in [6, 6.07) is 8.56. The Hall–Kier alpha value is -3.14. The molecule has 0 bridgehead atoms. The van der Waals surface area contributed by atoms with Crippen LogP contribution >= 0.6 is 0 Å². The van der Waals surface area contributed by atoms with Crippen molar-refractivity contribution < 1.29 is 5.11 Å². The van der Waals surface area contributed by atoms with E-state index in [9.17, 15) is 5.11 Å². The first-order valence-corrected chi connectivity index (χ1v) is 7.73. The lowest BCUT2D eigenvalue weighted by molar-refractivity contribution is 0.475. The minimum Gasteiger partial charge on any atom is -0.508 e. The van der Waals surface area contributed by atoms with Crippen molar-refractivity contribution in [3.63, 3.8) is 0 Å². The number of anilines is 2. The van der Waals surface area contributed by atoms with Gasteiger partial charge < -0.3 is 15.7 Å². The summed E-state index contributed by atoms with van der Waals surface area (Å²) in [6.07, 6.45) is 3.05. The first-order chi connectivity index (χ1) is 11.6. The number of phenols is 1. The van der Waals surface area contributed by atoms with Gasteiger partial charge in [0, 0.05) is 36.3 Å². The monoisotopic (exact) mass is 322 g/mol. The fraction of sp³-hybridized carbons (Fsp3) is 0.294. The zero-order valence-corrected chi connectivity index (χ0v) is 13.1. The number of nitrogen functional groups attached to an aromatic ring is 1. The number of nitriles is 1. The van der Waals surface area contributed by atoms with Crippen molar-refractivity contribution in [1.82, 2.24) is 9.97 Å². The molecule has 0 radical (unpaired) electrons. The van der Waals surface area contributed by atoms with Crippen molar-refractivity contribution in [3.05, 3.63) is 41.9 Å². The van der Waals surface area contributed by atoms with E-state index in [-0.39, 0.29) is 17.4 Å². The second-order valence-electron chi connectivity index (χ2n) is 5.80. The summed E-state index contributed by atoms with van der Waals surface area (Å²) < 4.78 is 0. The topological polar surface area (TPSA) is 123 Å². The van der Waals surface area contributed by atoms with E-state index in [1.165, 1.54) is 18.5 Å². The molecule has 1 aromatic heterocycles. The van der Waals surface area contributed by atoms with Gasteiger partial charge in [-0.25, -0.2) is 9.97 Å². The Morgan fingerprint density at radius 1 is 1.29 bits per heavy atom. The Morgan fingerprint density at radius 3 is 2.75 bits per heavy atom. The second-order valence-corrected chi connectivity index (χ2v) is 5.80. The van der Waals surface area contributed by atoms with Crippen molar-refractivity contribution in [2.75, 3.05) is 23.7 Å². The average molecular weight is 322 g/mol. The van der Waals surface area contributed by atoms with E-state index in [1.807, 2.05) is 0 Å². The fourth-order valence-electron chi connectivity index (χ4n) is 2.79. The smallest absolute Gasteiger partial charge is 0.132 e. The van der Waals surface area contributed by atoms with Gasteiger partial charge in [0.2, 0.25) is 0 Å². The Kier molecular flexibility index (Phi) is 4.29. The summed E-state index contributed by atoms with van der Waals surface area (Å²) >= 11 is 0. The van der Waals surface area contributed by atoms with Gasteiger partial charge in [-0.15, -0.1) is 0 Å². The molecule has 7 nitrogen and oxygen atoms in total. The predicted octanol–water partition coefficient (Wildman–Crippen LogP) is 1.92. The summed E-state index contributed by atoms with van der Waals surface area (Å²) in [5, 5.41) is 26.9. The third kappa shape index (κ3) is 3.13. The molecule has 2 heterocycles. The molecule has 122 valence electrons. The summed E-state index contributed by atoms with van der Waals surface area (Å²) in [4.78, 5) is 10.5. The van der Waals surface area contributed by atoms with Crippen LogP contribution in [0.4, 0.5) is 11.5 Å². The lowest BCUT2D eigenvalue weighted by Gasteiger charge is -2.30. The van der Waals surface area contributed by atoms with Gasteiger partial charge >= 0.3 is 0 Å². The van der Waals surface area contributed by atoms with Crippen molar-refractivity contribution in [3.8, 4) is 11.8 Å². The van der Waals surface area contributed by atoms with Gasteiger partial charge in [0.15, 0.2) is 0 Å². The maximum atomic E-state index is 9.62. The normalized spacial score (nSPS) is 15.0. The Labute approximate surface area is 139 Å². The van der Waals surface area contributed by atoms with Crippen LogP contribution in [-0.4, -0.2) is 33.9 Å². The number of piperidine rings is 1. The van der Waals surface area contributed by atoms with Crippen LogP contribution in [0.25, 0.3) is 0 Å². The highest BCUT2D eigenvalue weighted by atomic mass is 16.3. The maximum Gasteiger partial charge on any atom is 0.132 e. The molecule has 0 saturated carbocycles. The quantitative estimate of drug-likeness (QED) is 0.451. The standard InChI is InChI=1S/C17H18N6O/c18-9-11-3-5-23(6-4-11)16-8-15(21-10-22-16)17(20)13-7-12(24)1-2-14(13)19/h1-2,7-8,10-11,20,24H,3-6,19H2. The van der Waals surface area contributed by atoms with Gasteiger partial charge in [-0.3, -0.25) is 5.41 Å². The Bertz CT molecular complexity index is 805. The van der Waals surface area contributed by atoms with E-state index >= 15 is 0 Å². The van der Waals surface area contributed by atoms with Crippen molar-refractivity contribution >= 4 is 17.2 Å². The molecule has 1 fully saturated rings. The van der Waals surface area contributed by atoms with Crippen LogP contribution in [-0.2, 0) is 0 Å². The number of nitrogens with one attached hydrogen (secondary N) is 1. The Balaban J connectivity index is 1.84. The zero-order chi connectivity index (χ0) is 17.1. The van der Waals surface area contributed by atoms with Gasteiger partial charge in [0.05, 0.1) is 17.5 Å². The van der Waals surface area contributed by atoms with E-state index in [0.717, 1.165) is 31.7 Å². The zero-order valence-electron chi connectivity index (χ0n) is 13.1. The van der Waals surface area contributed by atoms with E-state index in [1.54, 1.807) is 12.1 Å². The molecule has 0 atom stereocenters. The number of aromatic nitrogens is 2. The molecule has 1 aliphatic rings. The van der Waals surface area contributed by atoms with E-state index in [4.69, 9.17) is 16.4 Å². The molecule has 0 unspecified atom stereocenters. The molecule has 4 N–H and O–H groups in total. The van der Waals surface area contributed by atoms with Crippen molar-refractivity contribution in [2.45, 2.75) is 12.8 Å². The summed E-state index contributed by atoms with van der Waals surface area (Å²) in [7, 11) is 0. The van der Waals surface area contributed by atoms with Crippen LogP contribution in [0, 0.1) is 22.7 Å². The van der Waals surface area contributed by atoms with Gasteiger partial charge in [0.25, 0.3) is 0 Å². The fourth-order valence-corrected chi connectivity index (χ4v) is 2.79. The first-order valence-electron chi connectivity index (χ1n) is 7.73. The predicted molar refractivity (Wildman–Crippen MR) is 91.0 cm³/mol. The number of rotatable bonds is 3. The van der Waals surface area contributed by atoms with E-state index < -0.39 is 0 Å². The molecule has 0 amide bonds. The molecular formula is C17H18N6O. The average Bonchev–Trinajstić information content (AvgIpc) is 2.63. The molecule has 2 aromatic rings. The van der Waals surface area contributed by atoms with Crippen LogP contribution in [0.1, 0.15) is 24.1 Å². The lowest BCUT2D eigenvalue weighted by atomic mass is 9.98. The molecule has 1 aliphatic heterocycles. The molecule has 7 heteroatoms. The SMILES string of the molecule is N#CC1CCN(c2cc(C(=N)c3cc(O)ccc3N)ncn2)CC1. The van der Waals surface area contributed by atoms with Gasteiger partial charge in [-0.1, -0.05) is 0 Å². The van der Waals surface area contributed by atoms with Crippen LogP contribution in [0.5, 0.6) is 5.75 Å². The maximum absolute atomic E-state index is 9.62. The molecule has 0 spiro atoms. The highest BCUT2D eigenvalue weighted by molar-refractivity contribution is 6.13. The number of benzene rings is 1. The second kappa shape index (κ2) is 6.54. The van der Waals surface area contributed by atoms with Crippen molar-refractivity contribution in [1.29, 1.82) is 10.7 Å². The van der Waals surface area contributed by atoms with Crippen LogP contribution in [0.3, 0.4) is 0 Å². The third-order valence-electron chi connectivity index (χ3n) is 4.22. The first kappa shape index (κ1) is 15.7. The third-order valence-corrected chi connectivity index (χ3v) is 4.22. The number of phenolic OH excluding ortho intramolecular Hbond substituents is 1. The minimum absolute atomic E-state index is 0.0526. The molecule has 0 aliphatic carbocycles. The van der Waals surface area contributed by atoms with E-state index in [2.05, 4.69) is 20.9 Å². The number of nitrogens with two attached hydrogens (primary N) is 1. The van der Waals surface area contributed by atoms with Gasteiger partial charge in [0.1, 0.15) is 17.9 Å². The Morgan fingerprint density at radius 2 is 2.04 bits per heavy atom. The number of aromatic hydroxyl groups is 1.